The molecular formula is C21H27Br2F2N3O3. The van der Waals surface area contributed by atoms with Gasteiger partial charge in [0.25, 0.3) is 0 Å². The van der Waals surface area contributed by atoms with E-state index in [-0.39, 0.29) is 12.3 Å². The van der Waals surface area contributed by atoms with Gasteiger partial charge in [-0.2, -0.15) is 0 Å². The number of hydrogen-bond donors (Lipinski definition) is 3. The summed E-state index contributed by atoms with van der Waals surface area (Å²) in [6, 6.07) is 6.53. The molecule has 172 valence electrons. The second-order valence-electron chi connectivity index (χ2n) is 7.09. The van der Waals surface area contributed by atoms with Crippen LogP contribution < -0.4 is 11.5 Å². The number of carbonyl (C=O) groups is 2. The molecule has 1 heterocycles. The molecule has 2 rings (SSSR count). The lowest BCUT2D eigenvalue weighted by atomic mass is 9.99. The highest BCUT2D eigenvalue weighted by Crippen LogP contribution is 2.25. The number of nitrogens with two attached hydrogens (primary N) is 2. The van der Waals surface area contributed by atoms with Crippen molar-refractivity contribution >= 4 is 44.2 Å². The summed E-state index contributed by atoms with van der Waals surface area (Å²) >= 11 is 6.63. The lowest BCUT2D eigenvalue weighted by Crippen LogP contribution is -2.16. The first-order valence-electron chi connectivity index (χ1n) is 9.31. The fourth-order valence-electron chi connectivity index (χ4n) is 2.58. The summed E-state index contributed by atoms with van der Waals surface area (Å²) in [6.45, 7) is 5.79. The predicted molar refractivity (Wildman–Crippen MR) is 123 cm³/mol. The maximum Gasteiger partial charge on any atom is 0.306 e. The minimum absolute atomic E-state index is 0.190. The Morgan fingerprint density at radius 2 is 1.68 bits per heavy atom. The highest BCUT2D eigenvalue weighted by Gasteiger charge is 2.14. The number of rotatable bonds is 6. The minimum Gasteiger partial charge on any atom is -0.481 e. The number of halogens is 4. The molecule has 0 fully saturated rings. The van der Waals surface area contributed by atoms with Gasteiger partial charge in [0, 0.05) is 10.5 Å². The molecule has 5 N–H and O–H groups in total. The molecule has 0 saturated heterocycles. The molecule has 0 aliphatic heterocycles. The van der Waals surface area contributed by atoms with E-state index in [1.54, 1.807) is 13.0 Å². The van der Waals surface area contributed by atoms with E-state index in [4.69, 9.17) is 15.6 Å². The lowest BCUT2D eigenvalue weighted by Gasteiger charge is -2.13. The van der Waals surface area contributed by atoms with Crippen LogP contribution in [0.1, 0.15) is 44.5 Å². The third-order valence-corrected chi connectivity index (χ3v) is 4.93. The molecule has 0 radical (unpaired) electrons. The standard InChI is InChI=1S/C13H10Br2F2N2.C7H14O2.CH3NO/c14-10-1-2-12(15)19-13(10)11(18)5-7-3-8(16)6-9(17)4-7;1-5(2)4-6(3)7(8)9;2-1-3/h1-4,6,11H,5,18H2;5-6H,4H2,1-3H3,(H,8,9);1H,(H2,2,3). The Morgan fingerprint density at radius 3 is 2.10 bits per heavy atom. The molecule has 0 spiro atoms. The molecule has 6 nitrogen and oxygen atoms in total. The first-order chi connectivity index (χ1) is 14.4. The van der Waals surface area contributed by atoms with Crippen LogP contribution in [-0.2, 0) is 16.0 Å². The van der Waals surface area contributed by atoms with Crippen molar-refractivity contribution in [3.8, 4) is 0 Å². The van der Waals surface area contributed by atoms with E-state index in [0.29, 0.717) is 28.2 Å². The van der Waals surface area contributed by atoms with Crippen LogP contribution in [0.5, 0.6) is 0 Å². The number of carboxylic acid groups (broad SMARTS) is 1. The van der Waals surface area contributed by atoms with E-state index in [9.17, 15) is 13.6 Å². The van der Waals surface area contributed by atoms with Crippen molar-refractivity contribution in [1.29, 1.82) is 0 Å². The number of carboxylic acids is 1. The molecule has 2 atom stereocenters. The maximum atomic E-state index is 13.1. The van der Waals surface area contributed by atoms with E-state index in [1.807, 2.05) is 19.9 Å². The summed E-state index contributed by atoms with van der Waals surface area (Å²) in [6.07, 6.45) is 1.33. The zero-order valence-corrected chi connectivity index (χ0v) is 20.7. The molecule has 2 aromatic rings. The lowest BCUT2D eigenvalue weighted by molar-refractivity contribution is -0.141. The molecular weight excluding hydrogens is 540 g/mol. The average molecular weight is 567 g/mol. The van der Waals surface area contributed by atoms with Crippen LogP contribution in [0.2, 0.25) is 0 Å². The van der Waals surface area contributed by atoms with E-state index < -0.39 is 23.6 Å². The van der Waals surface area contributed by atoms with Gasteiger partial charge in [0.1, 0.15) is 16.2 Å². The van der Waals surface area contributed by atoms with Crippen LogP contribution in [0.15, 0.2) is 39.4 Å². The number of aromatic nitrogens is 1. The van der Waals surface area contributed by atoms with Gasteiger partial charge in [-0.15, -0.1) is 0 Å². The largest absolute Gasteiger partial charge is 0.481 e. The Kier molecular flexibility index (Phi) is 14.1. The van der Waals surface area contributed by atoms with Gasteiger partial charge in [-0.25, -0.2) is 13.8 Å². The van der Waals surface area contributed by atoms with E-state index in [0.717, 1.165) is 17.0 Å². The van der Waals surface area contributed by atoms with Crippen LogP contribution in [0.4, 0.5) is 8.78 Å². The minimum atomic E-state index is -0.691. The number of hydrogen-bond acceptors (Lipinski definition) is 4. The summed E-state index contributed by atoms with van der Waals surface area (Å²) in [5, 5.41) is 8.43. The van der Waals surface area contributed by atoms with Gasteiger partial charge < -0.3 is 16.6 Å². The van der Waals surface area contributed by atoms with Gasteiger partial charge >= 0.3 is 5.97 Å². The topological polar surface area (TPSA) is 119 Å². The molecule has 31 heavy (non-hydrogen) atoms. The number of amides is 1. The smallest absolute Gasteiger partial charge is 0.306 e. The normalized spacial score (nSPS) is 12.0. The molecule has 0 bridgehead atoms. The molecule has 0 aliphatic rings. The molecule has 1 aromatic carbocycles. The number of primary amides is 1. The van der Waals surface area contributed by atoms with Crippen molar-refractivity contribution in [1.82, 2.24) is 4.98 Å². The number of pyridine rings is 1. The summed E-state index contributed by atoms with van der Waals surface area (Å²) in [4.78, 5) is 23.1. The Hall–Kier alpha value is -1.91. The monoisotopic (exact) mass is 565 g/mol. The second kappa shape index (κ2) is 15.0. The van der Waals surface area contributed by atoms with Crippen molar-refractivity contribution < 1.29 is 23.5 Å². The van der Waals surface area contributed by atoms with Crippen LogP contribution in [-0.4, -0.2) is 22.5 Å². The van der Waals surface area contributed by atoms with Crippen LogP contribution in [0.25, 0.3) is 0 Å². The van der Waals surface area contributed by atoms with Crippen molar-refractivity contribution in [2.45, 2.75) is 39.7 Å². The fourth-order valence-corrected chi connectivity index (χ4v) is 3.42. The zero-order valence-electron chi connectivity index (χ0n) is 17.5. The van der Waals surface area contributed by atoms with Crippen LogP contribution >= 0.6 is 31.9 Å². The molecule has 1 aromatic heterocycles. The third-order valence-electron chi connectivity index (χ3n) is 3.81. The van der Waals surface area contributed by atoms with E-state index in [1.165, 1.54) is 12.1 Å². The fraction of sp³-hybridized carbons (Fsp3) is 0.381. The quantitative estimate of drug-likeness (QED) is 0.336. The summed E-state index contributed by atoms with van der Waals surface area (Å²) < 4.78 is 27.6. The van der Waals surface area contributed by atoms with Gasteiger partial charge in [-0.1, -0.05) is 20.8 Å². The van der Waals surface area contributed by atoms with Crippen molar-refractivity contribution in [2.24, 2.45) is 23.3 Å². The van der Waals surface area contributed by atoms with Gasteiger partial charge in [0.05, 0.1) is 17.7 Å². The Morgan fingerprint density at radius 1 is 1.16 bits per heavy atom. The Bertz CT molecular complexity index is 834. The maximum absolute atomic E-state index is 13.1. The molecule has 0 saturated carbocycles. The van der Waals surface area contributed by atoms with Gasteiger partial charge in [-0.05, 0) is 80.4 Å². The third kappa shape index (κ3) is 12.5. The summed E-state index contributed by atoms with van der Waals surface area (Å²) in [5.41, 5.74) is 11.3. The number of benzene rings is 1. The Labute approximate surface area is 197 Å². The van der Waals surface area contributed by atoms with Gasteiger partial charge in [0.2, 0.25) is 6.41 Å². The van der Waals surface area contributed by atoms with Crippen molar-refractivity contribution in [3.05, 3.63) is 62.3 Å². The SMILES string of the molecule is CC(C)CC(C)C(=O)O.NC(Cc1cc(F)cc(F)c1)c1nc(Br)ccc1Br.NC=O. The second-order valence-corrected chi connectivity index (χ2v) is 8.76. The summed E-state index contributed by atoms with van der Waals surface area (Å²) in [5.74, 6) is -1.61. The molecule has 1 amide bonds. The number of aliphatic carboxylic acids is 1. The molecule has 0 aliphatic carbocycles. The summed E-state index contributed by atoms with van der Waals surface area (Å²) in [7, 11) is 0. The predicted octanol–water partition coefficient (Wildman–Crippen LogP) is 4.98. The van der Waals surface area contributed by atoms with Crippen molar-refractivity contribution in [3.63, 3.8) is 0 Å². The first-order valence-corrected chi connectivity index (χ1v) is 10.9. The Balaban J connectivity index is 0.000000631. The molecule has 2 unspecified atom stereocenters. The average Bonchev–Trinajstić information content (AvgIpc) is 2.63. The highest BCUT2D eigenvalue weighted by atomic mass is 79.9. The number of carbonyl (C=O) groups excluding carboxylic acids is 1. The van der Waals surface area contributed by atoms with Gasteiger partial charge in [-0.3, -0.25) is 9.59 Å². The van der Waals surface area contributed by atoms with Gasteiger partial charge in [0.15, 0.2) is 0 Å². The highest BCUT2D eigenvalue weighted by molar-refractivity contribution is 9.11. The first kappa shape index (κ1) is 29.1. The van der Waals surface area contributed by atoms with Crippen LogP contribution in [0.3, 0.4) is 0 Å². The van der Waals surface area contributed by atoms with E-state index in [2.05, 4.69) is 42.6 Å². The number of nitrogens with zero attached hydrogens (tertiary/aromatic N) is 1. The van der Waals surface area contributed by atoms with Crippen LogP contribution in [0, 0.1) is 23.5 Å². The zero-order chi connectivity index (χ0) is 24.1. The van der Waals surface area contributed by atoms with E-state index >= 15 is 0 Å². The molecule has 10 heteroatoms. The van der Waals surface area contributed by atoms with Crippen molar-refractivity contribution in [2.75, 3.05) is 0 Å².